The predicted molar refractivity (Wildman–Crippen MR) is 59.7 cm³/mol. The van der Waals surface area contributed by atoms with Crippen LogP contribution >= 0.6 is 34.5 Å². The smallest absolute Gasteiger partial charge is 0.190 e. The van der Waals surface area contributed by atoms with Gasteiger partial charge in [0.2, 0.25) is 0 Å². The second-order valence-electron chi connectivity index (χ2n) is 2.46. The molecule has 0 radical (unpaired) electrons. The first-order valence-corrected chi connectivity index (χ1v) is 5.39. The normalized spacial score (nSPS) is 10.1. The van der Waals surface area contributed by atoms with Crippen LogP contribution in [0.1, 0.15) is 10.4 Å². The summed E-state index contributed by atoms with van der Waals surface area (Å²) < 4.78 is 5.91. The molecule has 0 aromatic carbocycles. The van der Waals surface area contributed by atoms with Gasteiger partial charge in [0.1, 0.15) is 10.9 Å². The van der Waals surface area contributed by atoms with Crippen LogP contribution in [-0.4, -0.2) is 19.0 Å². The van der Waals surface area contributed by atoms with Gasteiger partial charge in [-0.2, -0.15) is 0 Å². The second-order valence-corrected chi connectivity index (χ2v) is 4.75. The molecular weight excluding hydrogens is 243 g/mol. The van der Waals surface area contributed by atoms with Gasteiger partial charge in [0.25, 0.3) is 0 Å². The Morgan fingerprint density at radius 3 is 2.86 bits per heavy atom. The van der Waals surface area contributed by atoms with Gasteiger partial charge in [0.15, 0.2) is 5.78 Å². The van der Waals surface area contributed by atoms with Crippen molar-refractivity contribution in [3.63, 3.8) is 0 Å². The summed E-state index contributed by atoms with van der Waals surface area (Å²) in [6, 6.07) is 1.55. The average molecular weight is 251 g/mol. The Kier molecular flexibility index (Phi) is 4.62. The Hall–Kier alpha value is -0.350. The maximum absolute atomic E-state index is 11.5. The minimum absolute atomic E-state index is 0.00119. The van der Waals surface area contributed by atoms with Crippen LogP contribution in [0.4, 0.5) is 0 Å². The van der Waals surface area contributed by atoms with Crippen LogP contribution in [0.15, 0.2) is 18.7 Å². The first kappa shape index (κ1) is 11.7. The van der Waals surface area contributed by atoms with Gasteiger partial charge in [-0.3, -0.25) is 4.79 Å². The highest BCUT2D eigenvalue weighted by molar-refractivity contribution is 7.20. The zero-order valence-electron chi connectivity index (χ0n) is 7.26. The average Bonchev–Trinajstić information content (AvgIpc) is 2.45. The van der Waals surface area contributed by atoms with Gasteiger partial charge >= 0.3 is 0 Å². The van der Waals surface area contributed by atoms with Gasteiger partial charge in [-0.25, -0.2) is 0 Å². The Balaban J connectivity index is 2.60. The molecule has 0 spiro atoms. The number of hydrogen-bond donors (Lipinski definition) is 0. The topological polar surface area (TPSA) is 26.3 Å². The molecule has 1 heterocycles. The second kappa shape index (κ2) is 5.51. The molecular formula is C9H8Cl2O2S. The fraction of sp³-hybridized carbons (Fsp3) is 0.222. The van der Waals surface area contributed by atoms with E-state index >= 15 is 0 Å². The van der Waals surface area contributed by atoms with Crippen molar-refractivity contribution in [3.05, 3.63) is 33.0 Å². The molecule has 0 saturated heterocycles. The molecule has 0 aliphatic rings. The number of thiophene rings is 1. The van der Waals surface area contributed by atoms with E-state index in [1.807, 2.05) is 0 Å². The van der Waals surface area contributed by atoms with E-state index in [0.717, 1.165) is 0 Å². The lowest BCUT2D eigenvalue weighted by atomic mass is 10.2. The van der Waals surface area contributed by atoms with Crippen molar-refractivity contribution in [2.24, 2.45) is 0 Å². The summed E-state index contributed by atoms with van der Waals surface area (Å²) in [6.45, 7) is 3.82. The number of ether oxygens (including phenoxy) is 1. The van der Waals surface area contributed by atoms with E-state index in [-0.39, 0.29) is 12.4 Å². The van der Waals surface area contributed by atoms with Crippen LogP contribution in [0.2, 0.25) is 8.67 Å². The zero-order valence-corrected chi connectivity index (χ0v) is 9.59. The van der Waals surface area contributed by atoms with Gasteiger partial charge in [-0.15, -0.1) is 17.9 Å². The number of rotatable bonds is 5. The fourth-order valence-corrected chi connectivity index (χ4v) is 2.34. The number of hydrogen-bond acceptors (Lipinski definition) is 3. The summed E-state index contributed by atoms with van der Waals surface area (Å²) in [6.07, 6.45) is 1.58. The van der Waals surface area contributed by atoms with E-state index in [2.05, 4.69) is 6.58 Å². The van der Waals surface area contributed by atoms with Gasteiger partial charge in [0.05, 0.1) is 16.5 Å². The highest BCUT2D eigenvalue weighted by Gasteiger charge is 2.13. The van der Waals surface area contributed by atoms with Gasteiger partial charge < -0.3 is 4.74 Å². The minimum atomic E-state index is -0.167. The number of carbonyl (C=O) groups is 1. The number of halogens is 2. The van der Waals surface area contributed by atoms with Crippen LogP contribution in [0.3, 0.4) is 0 Å². The molecule has 0 saturated carbocycles. The van der Waals surface area contributed by atoms with Crippen molar-refractivity contribution in [2.45, 2.75) is 0 Å². The molecule has 0 aliphatic heterocycles. The van der Waals surface area contributed by atoms with Gasteiger partial charge in [0, 0.05) is 0 Å². The van der Waals surface area contributed by atoms with E-state index in [1.165, 1.54) is 11.3 Å². The fourth-order valence-electron chi connectivity index (χ4n) is 0.843. The van der Waals surface area contributed by atoms with E-state index in [1.54, 1.807) is 12.1 Å². The van der Waals surface area contributed by atoms with Gasteiger partial charge in [-0.1, -0.05) is 29.3 Å². The van der Waals surface area contributed by atoms with Crippen LogP contribution in [0.5, 0.6) is 0 Å². The van der Waals surface area contributed by atoms with E-state index in [9.17, 15) is 4.79 Å². The zero-order chi connectivity index (χ0) is 10.6. The molecule has 5 heteroatoms. The molecule has 76 valence electrons. The quantitative estimate of drug-likeness (QED) is 0.455. The summed E-state index contributed by atoms with van der Waals surface area (Å²) in [5.41, 5.74) is 0.422. The molecule has 0 amide bonds. The summed E-state index contributed by atoms with van der Waals surface area (Å²) in [4.78, 5) is 11.5. The molecule has 14 heavy (non-hydrogen) atoms. The van der Waals surface area contributed by atoms with Crippen molar-refractivity contribution in [2.75, 3.05) is 13.2 Å². The lowest BCUT2D eigenvalue weighted by Crippen LogP contribution is -2.08. The third kappa shape index (κ3) is 3.10. The molecule has 0 fully saturated rings. The first-order chi connectivity index (χ1) is 6.65. The molecule has 0 N–H and O–H groups in total. The Morgan fingerprint density at radius 2 is 2.36 bits per heavy atom. The lowest BCUT2D eigenvalue weighted by molar-refractivity contribution is 0.0807. The van der Waals surface area contributed by atoms with Crippen molar-refractivity contribution in [3.8, 4) is 0 Å². The van der Waals surface area contributed by atoms with Crippen LogP contribution in [0, 0.1) is 0 Å². The van der Waals surface area contributed by atoms with E-state index < -0.39 is 0 Å². The highest BCUT2D eigenvalue weighted by Crippen LogP contribution is 2.31. The predicted octanol–water partition coefficient (Wildman–Crippen LogP) is 3.44. The third-order valence-electron chi connectivity index (χ3n) is 1.43. The van der Waals surface area contributed by atoms with Crippen LogP contribution in [0.25, 0.3) is 0 Å². The maximum atomic E-state index is 11.5. The molecule has 0 aliphatic carbocycles. The monoisotopic (exact) mass is 250 g/mol. The Labute approximate surface area is 96.1 Å². The third-order valence-corrected chi connectivity index (χ3v) is 2.91. The number of carbonyl (C=O) groups excluding carboxylic acids is 1. The largest absolute Gasteiger partial charge is 0.369 e. The molecule has 0 unspecified atom stereocenters. The lowest BCUT2D eigenvalue weighted by Gasteiger charge is -1.98. The Bertz CT molecular complexity index is 347. The van der Waals surface area contributed by atoms with Crippen molar-refractivity contribution in [1.29, 1.82) is 0 Å². The molecule has 1 aromatic heterocycles. The summed E-state index contributed by atoms with van der Waals surface area (Å²) >= 11 is 12.7. The SMILES string of the molecule is C=CCOCC(=O)c1cc(Cl)sc1Cl. The van der Waals surface area contributed by atoms with E-state index in [0.29, 0.717) is 20.8 Å². The first-order valence-electron chi connectivity index (χ1n) is 3.82. The standard InChI is InChI=1S/C9H8Cl2O2S/c1-2-3-13-5-7(12)6-4-8(10)14-9(6)11/h2,4H,1,3,5H2. The molecule has 0 atom stereocenters. The molecule has 1 rings (SSSR count). The summed E-state index contributed by atoms with van der Waals surface area (Å²) in [5.74, 6) is -0.167. The number of Topliss-reactive ketones (excluding diaryl/α,β-unsaturated/α-hetero) is 1. The molecule has 0 bridgehead atoms. The maximum Gasteiger partial charge on any atom is 0.190 e. The minimum Gasteiger partial charge on any atom is -0.369 e. The van der Waals surface area contributed by atoms with Crippen LogP contribution < -0.4 is 0 Å². The van der Waals surface area contributed by atoms with Crippen molar-refractivity contribution in [1.82, 2.24) is 0 Å². The highest BCUT2D eigenvalue weighted by atomic mass is 35.5. The van der Waals surface area contributed by atoms with Crippen LogP contribution in [-0.2, 0) is 4.74 Å². The van der Waals surface area contributed by atoms with Gasteiger partial charge in [-0.05, 0) is 6.07 Å². The Morgan fingerprint density at radius 1 is 1.64 bits per heavy atom. The number of ketones is 1. The summed E-state index contributed by atoms with van der Waals surface area (Å²) in [5, 5.41) is 0. The van der Waals surface area contributed by atoms with E-state index in [4.69, 9.17) is 27.9 Å². The molecule has 1 aromatic rings. The summed E-state index contributed by atoms with van der Waals surface area (Å²) in [7, 11) is 0. The molecule has 2 nitrogen and oxygen atoms in total. The van der Waals surface area contributed by atoms with Crippen molar-refractivity contribution >= 4 is 40.3 Å². The van der Waals surface area contributed by atoms with Crippen molar-refractivity contribution < 1.29 is 9.53 Å².